The first-order valence-electron chi connectivity index (χ1n) is 10.1. The Balaban J connectivity index is 1.63. The van der Waals surface area contributed by atoms with E-state index in [0.29, 0.717) is 26.1 Å². The van der Waals surface area contributed by atoms with Crippen LogP contribution in [-0.2, 0) is 23.0 Å². The Morgan fingerprint density at radius 2 is 1.83 bits per heavy atom. The molecule has 7 heteroatoms. The monoisotopic (exact) mass is 432 g/mol. The molecular formula is C22H25ClN2O3S. The van der Waals surface area contributed by atoms with Crippen molar-refractivity contribution in [2.45, 2.75) is 50.1 Å². The Kier molecular flexibility index (Phi) is 5.69. The number of fused-ring (bicyclic) bond motifs is 1. The minimum Gasteiger partial charge on any atom is -0.336 e. The van der Waals surface area contributed by atoms with E-state index in [9.17, 15) is 13.2 Å². The van der Waals surface area contributed by atoms with Crippen molar-refractivity contribution in [3.63, 3.8) is 0 Å². The molecule has 2 aliphatic rings. The van der Waals surface area contributed by atoms with Crippen LogP contribution in [0.15, 0.2) is 47.4 Å². The summed E-state index contributed by atoms with van der Waals surface area (Å²) in [4.78, 5) is 15.0. The van der Waals surface area contributed by atoms with Crippen molar-refractivity contribution in [2.24, 2.45) is 0 Å². The van der Waals surface area contributed by atoms with E-state index in [0.717, 1.165) is 24.8 Å². The molecule has 1 saturated heterocycles. The predicted octanol–water partition coefficient (Wildman–Crippen LogP) is 4.10. The number of rotatable bonds is 3. The van der Waals surface area contributed by atoms with Gasteiger partial charge >= 0.3 is 0 Å². The molecule has 2 heterocycles. The van der Waals surface area contributed by atoms with Gasteiger partial charge in [0.2, 0.25) is 10.0 Å². The normalized spacial score (nSPS) is 20.3. The van der Waals surface area contributed by atoms with Crippen molar-refractivity contribution < 1.29 is 13.2 Å². The Morgan fingerprint density at radius 1 is 1.07 bits per heavy atom. The smallest absolute Gasteiger partial charge is 0.255 e. The summed E-state index contributed by atoms with van der Waals surface area (Å²) in [5.74, 6) is -0.191. The van der Waals surface area contributed by atoms with Crippen LogP contribution in [0.3, 0.4) is 0 Å². The standard InChI is InChI=1S/C22H25ClN2O3S/c1-16-6-4-5-12-25(16)22(26)20-14-19(9-10-21(20)23)29(27,28)24-13-11-17-7-2-3-8-18(17)15-24/h2-3,7-10,14,16H,4-6,11-13,15H2,1H3. The molecule has 2 aromatic carbocycles. The van der Waals surface area contributed by atoms with Crippen LogP contribution < -0.4 is 0 Å². The van der Waals surface area contributed by atoms with Gasteiger partial charge in [0.1, 0.15) is 0 Å². The lowest BCUT2D eigenvalue weighted by Crippen LogP contribution is -2.42. The van der Waals surface area contributed by atoms with E-state index in [4.69, 9.17) is 11.6 Å². The van der Waals surface area contributed by atoms with Crippen molar-refractivity contribution in [2.75, 3.05) is 13.1 Å². The lowest BCUT2D eigenvalue weighted by molar-refractivity contribution is 0.0635. The van der Waals surface area contributed by atoms with Crippen molar-refractivity contribution in [3.8, 4) is 0 Å². The van der Waals surface area contributed by atoms with Crippen LogP contribution in [0.5, 0.6) is 0 Å². The summed E-state index contributed by atoms with van der Waals surface area (Å²) in [5.41, 5.74) is 2.47. The topological polar surface area (TPSA) is 57.7 Å². The van der Waals surface area contributed by atoms with E-state index in [1.54, 1.807) is 4.90 Å². The maximum atomic E-state index is 13.3. The molecule has 0 radical (unpaired) electrons. The number of piperidine rings is 1. The van der Waals surface area contributed by atoms with Gasteiger partial charge in [-0.3, -0.25) is 4.79 Å². The summed E-state index contributed by atoms with van der Waals surface area (Å²) in [6, 6.07) is 12.5. The van der Waals surface area contributed by atoms with E-state index in [2.05, 4.69) is 0 Å². The molecule has 0 N–H and O–H groups in total. The van der Waals surface area contributed by atoms with Gasteiger partial charge in [0.05, 0.1) is 15.5 Å². The molecular weight excluding hydrogens is 408 g/mol. The molecule has 1 fully saturated rings. The minimum atomic E-state index is -3.72. The van der Waals surface area contributed by atoms with Crippen molar-refractivity contribution in [1.82, 2.24) is 9.21 Å². The Morgan fingerprint density at radius 3 is 2.59 bits per heavy atom. The molecule has 0 saturated carbocycles. The maximum absolute atomic E-state index is 13.3. The quantitative estimate of drug-likeness (QED) is 0.733. The van der Waals surface area contributed by atoms with E-state index in [1.165, 1.54) is 28.1 Å². The highest BCUT2D eigenvalue weighted by atomic mass is 35.5. The number of carbonyl (C=O) groups excluding carboxylic acids is 1. The zero-order chi connectivity index (χ0) is 20.6. The number of halogens is 1. The Hall–Kier alpha value is -1.89. The van der Waals surface area contributed by atoms with Crippen LogP contribution in [-0.4, -0.2) is 42.7 Å². The van der Waals surface area contributed by atoms with Gasteiger partial charge in [0, 0.05) is 25.7 Å². The van der Waals surface area contributed by atoms with E-state index < -0.39 is 10.0 Å². The summed E-state index contributed by atoms with van der Waals surface area (Å²) in [6.07, 6.45) is 3.69. The second-order valence-corrected chi connectivity index (χ2v) is 10.2. The largest absolute Gasteiger partial charge is 0.336 e. The van der Waals surface area contributed by atoms with Crippen molar-refractivity contribution in [3.05, 3.63) is 64.2 Å². The number of likely N-dealkylation sites (tertiary alicyclic amines) is 1. The number of hydrogen-bond acceptors (Lipinski definition) is 3. The highest BCUT2D eigenvalue weighted by molar-refractivity contribution is 7.89. The van der Waals surface area contributed by atoms with Gasteiger partial charge in [0.25, 0.3) is 5.91 Å². The molecule has 5 nitrogen and oxygen atoms in total. The molecule has 0 aromatic heterocycles. The first kappa shape index (κ1) is 20.4. The summed E-state index contributed by atoms with van der Waals surface area (Å²) in [6.45, 7) is 3.47. The summed E-state index contributed by atoms with van der Waals surface area (Å²) in [7, 11) is -3.72. The van der Waals surface area contributed by atoms with Crippen LogP contribution in [0.2, 0.25) is 5.02 Å². The highest BCUT2D eigenvalue weighted by Crippen LogP contribution is 2.29. The zero-order valence-corrected chi connectivity index (χ0v) is 18.0. The zero-order valence-electron chi connectivity index (χ0n) is 16.5. The Bertz CT molecular complexity index is 1040. The fraction of sp³-hybridized carbons (Fsp3) is 0.409. The average molecular weight is 433 g/mol. The fourth-order valence-corrected chi connectivity index (χ4v) is 5.85. The summed E-state index contributed by atoms with van der Waals surface area (Å²) < 4.78 is 28.0. The van der Waals surface area contributed by atoms with Crippen LogP contribution in [0, 0.1) is 0 Å². The first-order valence-corrected chi connectivity index (χ1v) is 11.9. The highest BCUT2D eigenvalue weighted by Gasteiger charge is 2.31. The van der Waals surface area contributed by atoms with Gasteiger partial charge in [-0.1, -0.05) is 35.9 Å². The molecule has 0 aliphatic carbocycles. The van der Waals surface area contributed by atoms with Gasteiger partial charge in [-0.05, 0) is 61.9 Å². The van der Waals surface area contributed by atoms with E-state index in [-0.39, 0.29) is 27.4 Å². The third-order valence-electron chi connectivity index (χ3n) is 5.97. The number of carbonyl (C=O) groups is 1. The molecule has 0 bridgehead atoms. The minimum absolute atomic E-state index is 0.120. The Labute approximate surface area is 177 Å². The lowest BCUT2D eigenvalue weighted by Gasteiger charge is -2.34. The van der Waals surface area contributed by atoms with Crippen molar-refractivity contribution >= 4 is 27.5 Å². The molecule has 1 amide bonds. The summed E-state index contributed by atoms with van der Waals surface area (Å²) >= 11 is 6.30. The molecule has 2 aromatic rings. The fourth-order valence-electron chi connectivity index (χ4n) is 4.21. The number of hydrogen-bond donors (Lipinski definition) is 0. The van der Waals surface area contributed by atoms with Crippen LogP contribution in [0.25, 0.3) is 0 Å². The number of amides is 1. The average Bonchev–Trinajstić information content (AvgIpc) is 2.73. The van der Waals surface area contributed by atoms with Crippen LogP contribution in [0.1, 0.15) is 47.7 Å². The predicted molar refractivity (Wildman–Crippen MR) is 114 cm³/mol. The molecule has 0 spiro atoms. The van der Waals surface area contributed by atoms with Gasteiger partial charge in [-0.2, -0.15) is 4.31 Å². The number of sulfonamides is 1. The third kappa shape index (κ3) is 3.93. The third-order valence-corrected chi connectivity index (χ3v) is 8.14. The van der Waals surface area contributed by atoms with E-state index in [1.807, 2.05) is 31.2 Å². The molecule has 1 atom stereocenters. The van der Waals surface area contributed by atoms with E-state index >= 15 is 0 Å². The van der Waals surface area contributed by atoms with Gasteiger partial charge in [0.15, 0.2) is 0 Å². The second kappa shape index (κ2) is 8.09. The van der Waals surface area contributed by atoms with Gasteiger partial charge in [-0.25, -0.2) is 8.42 Å². The molecule has 29 heavy (non-hydrogen) atoms. The molecule has 2 aliphatic heterocycles. The van der Waals surface area contributed by atoms with Crippen LogP contribution >= 0.6 is 11.6 Å². The van der Waals surface area contributed by atoms with Crippen molar-refractivity contribution in [1.29, 1.82) is 0 Å². The maximum Gasteiger partial charge on any atom is 0.255 e. The summed E-state index contributed by atoms with van der Waals surface area (Å²) in [5, 5.41) is 0.288. The molecule has 1 unspecified atom stereocenters. The number of nitrogens with zero attached hydrogens (tertiary/aromatic N) is 2. The van der Waals surface area contributed by atoms with Gasteiger partial charge in [-0.15, -0.1) is 0 Å². The first-order chi connectivity index (χ1) is 13.9. The molecule has 4 rings (SSSR count). The van der Waals surface area contributed by atoms with Gasteiger partial charge < -0.3 is 4.90 Å². The number of benzene rings is 2. The second-order valence-electron chi connectivity index (χ2n) is 7.84. The lowest BCUT2D eigenvalue weighted by atomic mass is 10.0. The molecule has 154 valence electrons. The SMILES string of the molecule is CC1CCCCN1C(=O)c1cc(S(=O)(=O)N2CCc3ccccc3C2)ccc1Cl. The van der Waals surface area contributed by atoms with Crippen LogP contribution in [0.4, 0.5) is 0 Å².